The molecule has 1 N–H and O–H groups in total. The molecular weight excluding hydrogens is 490 g/mol. The molecule has 4 aromatic rings. The highest BCUT2D eigenvalue weighted by Crippen LogP contribution is 2.39. The molecule has 4 rings (SSSR count). The Bertz CT molecular complexity index is 1470. The molecule has 9 nitrogen and oxygen atoms in total. The monoisotopic (exact) mass is 509 g/mol. The van der Waals surface area contributed by atoms with Gasteiger partial charge >= 0.3 is 0 Å². The van der Waals surface area contributed by atoms with E-state index in [0.717, 1.165) is 5.56 Å². The van der Waals surface area contributed by atoms with E-state index >= 15 is 0 Å². The van der Waals surface area contributed by atoms with E-state index < -0.39 is 10.0 Å². The van der Waals surface area contributed by atoms with Gasteiger partial charge in [-0.05, 0) is 36.8 Å². The number of hydrogen-bond donors (Lipinski definition) is 1. The zero-order valence-electron chi connectivity index (χ0n) is 18.7. The molecular formula is C24H20ClN5O4S. The van der Waals surface area contributed by atoms with Gasteiger partial charge in [-0.1, -0.05) is 54.1 Å². The molecule has 0 unspecified atom stereocenters. The smallest absolute Gasteiger partial charge is 0.259 e. The SMILES string of the molecule is COc1ccccc1Oc1c(Cl)nc(-c2ncccn2)nc1NS(=O)(=O)C(C)=Cc1ccccc1. The molecule has 35 heavy (non-hydrogen) atoms. The number of ether oxygens (including phenoxy) is 2. The normalized spacial score (nSPS) is 11.7. The van der Waals surface area contributed by atoms with Gasteiger partial charge in [0.05, 0.1) is 12.0 Å². The standard InChI is InChI=1S/C24H20ClN5O4S/c1-16(15-17-9-4-3-5-10-17)35(31,32)30-22-20(34-19-12-7-6-11-18(19)33-2)21(25)28-24(29-22)23-26-13-8-14-27-23/h3-15H,1-2H3,(H,28,29,30). The van der Waals surface area contributed by atoms with E-state index in [-0.39, 0.29) is 33.3 Å². The summed E-state index contributed by atoms with van der Waals surface area (Å²) in [6.45, 7) is 1.47. The summed E-state index contributed by atoms with van der Waals surface area (Å²) >= 11 is 6.45. The number of aromatic nitrogens is 4. The van der Waals surface area contributed by atoms with E-state index in [1.807, 2.05) is 18.2 Å². The van der Waals surface area contributed by atoms with Gasteiger partial charge in [-0.15, -0.1) is 0 Å². The van der Waals surface area contributed by atoms with Gasteiger partial charge in [0.2, 0.25) is 11.6 Å². The maximum absolute atomic E-state index is 13.2. The van der Waals surface area contributed by atoms with Gasteiger partial charge in [0.15, 0.2) is 28.3 Å². The molecule has 0 amide bonds. The number of allylic oxidation sites excluding steroid dienone is 1. The zero-order chi connectivity index (χ0) is 24.8. The molecule has 0 bridgehead atoms. The number of benzene rings is 2. The average Bonchev–Trinajstić information content (AvgIpc) is 2.87. The first-order valence-electron chi connectivity index (χ1n) is 10.3. The maximum Gasteiger partial charge on any atom is 0.259 e. The third kappa shape index (κ3) is 5.73. The lowest BCUT2D eigenvalue weighted by molar-refractivity contribution is 0.378. The highest BCUT2D eigenvalue weighted by Gasteiger charge is 2.24. The summed E-state index contributed by atoms with van der Waals surface area (Å²) < 4.78 is 40.1. The van der Waals surface area contributed by atoms with Gasteiger partial charge in [0.1, 0.15) is 0 Å². The molecule has 2 heterocycles. The van der Waals surface area contributed by atoms with Gasteiger partial charge in [-0.25, -0.2) is 28.4 Å². The minimum Gasteiger partial charge on any atom is -0.493 e. The Balaban J connectivity index is 1.79. The quantitative estimate of drug-likeness (QED) is 0.322. The molecule has 0 fully saturated rings. The first-order chi connectivity index (χ1) is 16.9. The summed E-state index contributed by atoms with van der Waals surface area (Å²) in [6, 6.07) is 17.5. The van der Waals surface area contributed by atoms with Crippen LogP contribution in [-0.4, -0.2) is 35.5 Å². The third-order valence-electron chi connectivity index (χ3n) is 4.70. The molecule has 0 spiro atoms. The van der Waals surface area contributed by atoms with Crippen molar-refractivity contribution in [1.29, 1.82) is 0 Å². The Hall–Kier alpha value is -4.02. The van der Waals surface area contributed by atoms with Crippen LogP contribution in [0.25, 0.3) is 17.7 Å². The van der Waals surface area contributed by atoms with E-state index in [0.29, 0.717) is 11.5 Å². The Morgan fingerprint density at radius 2 is 1.57 bits per heavy atom. The van der Waals surface area contributed by atoms with Crippen molar-refractivity contribution < 1.29 is 17.9 Å². The minimum absolute atomic E-state index is 0.0189. The van der Waals surface area contributed by atoms with E-state index in [2.05, 4.69) is 24.7 Å². The molecule has 0 saturated heterocycles. The summed E-state index contributed by atoms with van der Waals surface area (Å²) in [5.41, 5.74) is 0.722. The van der Waals surface area contributed by atoms with Crippen molar-refractivity contribution in [3.63, 3.8) is 0 Å². The fraction of sp³-hybridized carbons (Fsp3) is 0.0833. The van der Waals surface area contributed by atoms with Crippen LogP contribution in [0.1, 0.15) is 12.5 Å². The Morgan fingerprint density at radius 3 is 2.26 bits per heavy atom. The van der Waals surface area contributed by atoms with Crippen molar-refractivity contribution in [2.24, 2.45) is 0 Å². The molecule has 0 atom stereocenters. The number of methoxy groups -OCH3 is 1. The van der Waals surface area contributed by atoms with Gasteiger partial charge in [0, 0.05) is 12.4 Å². The van der Waals surface area contributed by atoms with Gasteiger partial charge < -0.3 is 9.47 Å². The predicted molar refractivity (Wildman–Crippen MR) is 134 cm³/mol. The van der Waals surface area contributed by atoms with Crippen molar-refractivity contribution in [2.45, 2.75) is 6.92 Å². The minimum atomic E-state index is -4.05. The van der Waals surface area contributed by atoms with E-state index in [4.69, 9.17) is 21.1 Å². The number of para-hydroxylation sites is 2. The second-order valence-corrected chi connectivity index (χ2v) is 9.33. The molecule has 2 aromatic carbocycles. The van der Waals surface area contributed by atoms with E-state index in [1.165, 1.54) is 32.5 Å². The number of anilines is 1. The highest BCUT2D eigenvalue weighted by atomic mass is 35.5. The van der Waals surface area contributed by atoms with Crippen molar-refractivity contribution in [1.82, 2.24) is 19.9 Å². The van der Waals surface area contributed by atoms with Crippen LogP contribution < -0.4 is 14.2 Å². The van der Waals surface area contributed by atoms with Gasteiger partial charge in [0.25, 0.3) is 10.0 Å². The first-order valence-corrected chi connectivity index (χ1v) is 12.2. The Kier molecular flexibility index (Phi) is 7.23. The fourth-order valence-electron chi connectivity index (χ4n) is 2.98. The van der Waals surface area contributed by atoms with Crippen molar-refractivity contribution in [3.8, 4) is 28.9 Å². The highest BCUT2D eigenvalue weighted by molar-refractivity contribution is 7.96. The fourth-order valence-corrected chi connectivity index (χ4v) is 4.03. The molecule has 0 aliphatic heterocycles. The predicted octanol–water partition coefficient (Wildman–Crippen LogP) is 5.19. The van der Waals surface area contributed by atoms with Crippen LogP contribution >= 0.6 is 11.6 Å². The summed E-state index contributed by atoms with van der Waals surface area (Å²) in [5, 5.41) is -0.143. The van der Waals surface area contributed by atoms with Crippen LogP contribution in [0.2, 0.25) is 5.15 Å². The third-order valence-corrected chi connectivity index (χ3v) is 6.38. The topological polar surface area (TPSA) is 116 Å². The Labute approximate surface area is 207 Å². The number of nitrogens with zero attached hydrogens (tertiary/aromatic N) is 4. The number of halogens is 1. The van der Waals surface area contributed by atoms with Crippen LogP contribution in [0, 0.1) is 0 Å². The van der Waals surface area contributed by atoms with Crippen LogP contribution in [0.5, 0.6) is 17.2 Å². The van der Waals surface area contributed by atoms with Crippen LogP contribution in [0.15, 0.2) is 78.0 Å². The molecule has 0 radical (unpaired) electrons. The molecule has 0 aliphatic carbocycles. The first kappa shape index (κ1) is 24.1. The van der Waals surface area contributed by atoms with Gasteiger partial charge in [-0.2, -0.15) is 0 Å². The van der Waals surface area contributed by atoms with Crippen molar-refractivity contribution >= 4 is 33.5 Å². The van der Waals surface area contributed by atoms with Crippen molar-refractivity contribution in [3.05, 3.63) is 88.7 Å². The zero-order valence-corrected chi connectivity index (χ0v) is 20.3. The lowest BCUT2D eigenvalue weighted by Gasteiger charge is -2.16. The number of nitrogens with one attached hydrogen (secondary N) is 1. The summed E-state index contributed by atoms with van der Waals surface area (Å²) in [7, 11) is -2.56. The largest absolute Gasteiger partial charge is 0.493 e. The molecule has 0 saturated carbocycles. The van der Waals surface area contributed by atoms with E-state index in [9.17, 15) is 8.42 Å². The second kappa shape index (κ2) is 10.5. The maximum atomic E-state index is 13.2. The second-order valence-electron chi connectivity index (χ2n) is 7.11. The summed E-state index contributed by atoms with van der Waals surface area (Å²) in [5.74, 6) is 0.598. The lowest BCUT2D eigenvalue weighted by atomic mass is 10.2. The number of sulfonamides is 1. The number of rotatable bonds is 8. The number of hydrogen-bond acceptors (Lipinski definition) is 8. The van der Waals surface area contributed by atoms with Crippen LogP contribution in [-0.2, 0) is 10.0 Å². The molecule has 178 valence electrons. The van der Waals surface area contributed by atoms with Gasteiger partial charge in [-0.3, -0.25) is 4.72 Å². The van der Waals surface area contributed by atoms with Crippen molar-refractivity contribution in [2.75, 3.05) is 11.8 Å². The molecule has 11 heteroatoms. The van der Waals surface area contributed by atoms with Crippen LogP contribution in [0.4, 0.5) is 5.82 Å². The summed E-state index contributed by atoms with van der Waals surface area (Å²) in [4.78, 5) is 16.8. The average molecular weight is 510 g/mol. The van der Waals surface area contributed by atoms with E-state index in [1.54, 1.807) is 42.5 Å². The molecule has 2 aromatic heterocycles. The summed E-state index contributed by atoms with van der Waals surface area (Å²) in [6.07, 6.45) is 4.55. The molecule has 0 aliphatic rings. The van der Waals surface area contributed by atoms with Crippen LogP contribution in [0.3, 0.4) is 0 Å². The lowest BCUT2D eigenvalue weighted by Crippen LogP contribution is -2.16. The Morgan fingerprint density at radius 1 is 0.914 bits per heavy atom.